The smallest absolute Gasteiger partial charge is 0.321 e. The minimum absolute atomic E-state index is 0.0862. The topological polar surface area (TPSA) is 79.7 Å². The molecule has 0 aliphatic heterocycles. The van der Waals surface area contributed by atoms with Crippen LogP contribution in [0, 0.1) is 0 Å². The van der Waals surface area contributed by atoms with E-state index < -0.39 is 23.6 Å². The molecule has 1 atom stereocenters. The molecule has 0 aliphatic carbocycles. The molecular formula is C21H23F3N3O3+. The van der Waals surface area contributed by atoms with Crippen molar-refractivity contribution in [2.24, 2.45) is 0 Å². The first-order chi connectivity index (χ1) is 14.1. The van der Waals surface area contributed by atoms with E-state index in [0.717, 1.165) is 6.07 Å². The lowest BCUT2D eigenvalue weighted by molar-refractivity contribution is -0.881. The molecular weight excluding hydrogens is 399 g/mol. The van der Waals surface area contributed by atoms with E-state index in [4.69, 9.17) is 0 Å². The maximum Gasteiger partial charge on any atom is 0.418 e. The molecule has 1 unspecified atom stereocenters. The van der Waals surface area contributed by atoms with E-state index in [0.29, 0.717) is 22.7 Å². The van der Waals surface area contributed by atoms with Crippen LogP contribution in [0.4, 0.5) is 24.5 Å². The molecule has 0 heterocycles. The zero-order valence-corrected chi connectivity index (χ0v) is 16.6. The Bertz CT molecular complexity index is 929. The van der Waals surface area contributed by atoms with Crippen molar-refractivity contribution in [2.75, 3.05) is 30.3 Å². The number of benzene rings is 2. The molecule has 0 saturated heterocycles. The Morgan fingerprint density at radius 1 is 0.867 bits per heavy atom. The van der Waals surface area contributed by atoms with Gasteiger partial charge in [0.2, 0.25) is 0 Å². The van der Waals surface area contributed by atoms with Crippen LogP contribution >= 0.6 is 0 Å². The second kappa shape index (κ2) is 10.0. The molecule has 0 bridgehead atoms. The normalized spacial score (nSPS) is 12.2. The number of quaternary nitrogens is 1. The highest BCUT2D eigenvalue weighted by molar-refractivity contribution is 6.03. The van der Waals surface area contributed by atoms with Crippen LogP contribution in [-0.4, -0.2) is 37.2 Å². The molecule has 0 aliphatic rings. The number of alkyl halides is 3. The third-order valence-electron chi connectivity index (χ3n) is 4.41. The van der Waals surface area contributed by atoms with Crippen molar-refractivity contribution >= 4 is 29.0 Å². The molecule has 2 aromatic carbocycles. The Morgan fingerprint density at radius 2 is 1.37 bits per heavy atom. The van der Waals surface area contributed by atoms with Crippen molar-refractivity contribution in [1.82, 2.24) is 0 Å². The van der Waals surface area contributed by atoms with Crippen molar-refractivity contribution < 1.29 is 32.5 Å². The van der Waals surface area contributed by atoms with Crippen LogP contribution in [0.25, 0.3) is 0 Å². The fraction of sp³-hybridized carbons (Fsp3) is 0.286. The van der Waals surface area contributed by atoms with Gasteiger partial charge in [0.25, 0.3) is 11.8 Å². The van der Waals surface area contributed by atoms with Gasteiger partial charge in [-0.2, -0.15) is 13.2 Å². The van der Waals surface area contributed by atoms with Gasteiger partial charge in [0, 0.05) is 5.56 Å². The molecule has 160 valence electrons. The van der Waals surface area contributed by atoms with E-state index in [1.165, 1.54) is 25.1 Å². The number of carbonyl (C=O) groups is 3. The van der Waals surface area contributed by atoms with Gasteiger partial charge in [-0.3, -0.25) is 14.4 Å². The van der Waals surface area contributed by atoms with Gasteiger partial charge in [0.15, 0.2) is 18.9 Å². The fourth-order valence-electron chi connectivity index (χ4n) is 2.89. The van der Waals surface area contributed by atoms with Gasteiger partial charge < -0.3 is 15.5 Å². The molecule has 3 N–H and O–H groups in total. The number of likely N-dealkylation sites (N-methyl/N-ethyl adjacent to an activating group) is 1. The summed E-state index contributed by atoms with van der Waals surface area (Å²) in [6.45, 7) is 3.26. The fourth-order valence-corrected chi connectivity index (χ4v) is 2.89. The predicted octanol–water partition coefficient (Wildman–Crippen LogP) is 2.39. The van der Waals surface area contributed by atoms with Gasteiger partial charge in [-0.05, 0) is 38.1 Å². The lowest BCUT2D eigenvalue weighted by atomic mass is 10.1. The van der Waals surface area contributed by atoms with E-state index in [2.05, 4.69) is 10.6 Å². The van der Waals surface area contributed by atoms with Crippen molar-refractivity contribution in [3.8, 4) is 0 Å². The number of anilines is 2. The molecule has 0 aromatic heterocycles. The summed E-state index contributed by atoms with van der Waals surface area (Å²) in [5.74, 6) is -1.25. The first-order valence-corrected chi connectivity index (χ1v) is 9.31. The highest BCUT2D eigenvalue weighted by Crippen LogP contribution is 2.34. The average molecular weight is 422 g/mol. The van der Waals surface area contributed by atoms with Crippen LogP contribution in [0.3, 0.4) is 0 Å². The first kappa shape index (κ1) is 23.1. The van der Waals surface area contributed by atoms with E-state index in [9.17, 15) is 27.6 Å². The molecule has 0 saturated carbocycles. The largest absolute Gasteiger partial charge is 0.418 e. The number of nitrogens with one attached hydrogen (secondary N) is 3. The van der Waals surface area contributed by atoms with Gasteiger partial charge in [0.05, 0.1) is 23.5 Å². The number of amides is 2. The molecule has 2 aromatic rings. The summed E-state index contributed by atoms with van der Waals surface area (Å²) in [5.41, 5.74) is -0.528. The summed E-state index contributed by atoms with van der Waals surface area (Å²) < 4.78 is 39.2. The molecule has 30 heavy (non-hydrogen) atoms. The van der Waals surface area contributed by atoms with Crippen LogP contribution in [0.15, 0.2) is 48.5 Å². The number of halogens is 3. The van der Waals surface area contributed by atoms with E-state index in [1.54, 1.807) is 31.2 Å². The van der Waals surface area contributed by atoms with E-state index in [1.807, 2.05) is 0 Å². The van der Waals surface area contributed by atoms with Gasteiger partial charge in [-0.25, -0.2) is 0 Å². The van der Waals surface area contributed by atoms with E-state index in [-0.39, 0.29) is 24.6 Å². The number of rotatable bonds is 8. The van der Waals surface area contributed by atoms with Gasteiger partial charge in [0.1, 0.15) is 0 Å². The van der Waals surface area contributed by atoms with Gasteiger partial charge >= 0.3 is 6.18 Å². The van der Waals surface area contributed by atoms with Crippen molar-refractivity contribution in [2.45, 2.75) is 20.0 Å². The summed E-state index contributed by atoms with van der Waals surface area (Å²) in [7, 11) is 0. The molecule has 0 spiro atoms. The van der Waals surface area contributed by atoms with Crippen molar-refractivity contribution in [1.29, 1.82) is 0 Å². The molecule has 6 nitrogen and oxygen atoms in total. The summed E-state index contributed by atoms with van der Waals surface area (Å²) in [4.78, 5) is 36.8. The number of hydrogen-bond donors (Lipinski definition) is 3. The van der Waals surface area contributed by atoms with Crippen LogP contribution in [0.1, 0.15) is 29.8 Å². The Balaban J connectivity index is 2.00. The van der Waals surface area contributed by atoms with Crippen LogP contribution in [-0.2, 0) is 15.8 Å². The Morgan fingerprint density at radius 3 is 1.90 bits per heavy atom. The summed E-state index contributed by atoms with van der Waals surface area (Å²) >= 11 is 0. The Labute approximate surface area is 172 Å². The van der Waals surface area contributed by atoms with Gasteiger partial charge in [-0.15, -0.1) is 0 Å². The van der Waals surface area contributed by atoms with Crippen molar-refractivity contribution in [3.63, 3.8) is 0 Å². The zero-order valence-electron chi connectivity index (χ0n) is 16.6. The lowest BCUT2D eigenvalue weighted by Crippen LogP contribution is -3.13. The number of ketones is 1. The lowest BCUT2D eigenvalue weighted by Gasteiger charge is -2.18. The quantitative estimate of drug-likeness (QED) is 0.572. The Kier molecular flexibility index (Phi) is 7.71. The molecule has 2 rings (SSSR count). The van der Waals surface area contributed by atoms with Gasteiger partial charge in [-0.1, -0.05) is 24.3 Å². The summed E-state index contributed by atoms with van der Waals surface area (Å²) in [6, 6.07) is 11.3. The van der Waals surface area contributed by atoms with Crippen molar-refractivity contribution in [3.05, 3.63) is 59.7 Å². The standard InChI is InChI=1S/C21H22F3N3O3/c1-3-27(12-19(29)25-17-10-6-4-8-15(17)14(2)28)13-20(30)26-18-11-7-5-9-16(18)21(22,23)24/h4-11H,3,12-13H2,1-2H3,(H,25,29)(H,26,30)/p+1. The third kappa shape index (κ3) is 6.41. The van der Waals surface area contributed by atoms with Crippen LogP contribution in [0.2, 0.25) is 0 Å². The monoisotopic (exact) mass is 422 g/mol. The third-order valence-corrected chi connectivity index (χ3v) is 4.41. The second-order valence-electron chi connectivity index (χ2n) is 6.70. The molecule has 2 amide bonds. The minimum atomic E-state index is -4.59. The Hall–Kier alpha value is -3.20. The second-order valence-corrected chi connectivity index (χ2v) is 6.70. The number of para-hydroxylation sites is 2. The average Bonchev–Trinajstić information content (AvgIpc) is 2.67. The molecule has 9 heteroatoms. The molecule has 0 radical (unpaired) electrons. The first-order valence-electron chi connectivity index (χ1n) is 9.31. The number of Topliss-reactive ketones (excluding diaryl/α,β-unsaturated/α-hetero) is 1. The van der Waals surface area contributed by atoms with Crippen LogP contribution in [0.5, 0.6) is 0 Å². The molecule has 0 fully saturated rings. The number of carbonyl (C=O) groups excluding carboxylic acids is 3. The highest BCUT2D eigenvalue weighted by atomic mass is 19.4. The van der Waals surface area contributed by atoms with Crippen LogP contribution < -0.4 is 15.5 Å². The summed E-state index contributed by atoms with van der Waals surface area (Å²) in [6.07, 6.45) is -4.59. The maximum absolute atomic E-state index is 13.1. The minimum Gasteiger partial charge on any atom is -0.321 e. The SMILES string of the molecule is CC[NH+](CC(=O)Nc1ccccc1C(C)=O)CC(=O)Nc1ccccc1C(F)(F)F. The predicted molar refractivity (Wildman–Crippen MR) is 106 cm³/mol. The van der Waals surface area contributed by atoms with E-state index >= 15 is 0 Å². The number of hydrogen-bond acceptors (Lipinski definition) is 3. The summed E-state index contributed by atoms with van der Waals surface area (Å²) in [5, 5.41) is 4.92. The highest BCUT2D eigenvalue weighted by Gasteiger charge is 2.33. The maximum atomic E-state index is 13.1. The zero-order chi connectivity index (χ0) is 22.3.